The number of sulfonamides is 1. The van der Waals surface area contributed by atoms with Gasteiger partial charge in [0.2, 0.25) is 0 Å². The molecule has 7 heteroatoms. The molecule has 5 nitrogen and oxygen atoms in total. The molecule has 1 heterocycles. The average molecular weight is 392 g/mol. The Hall–Kier alpha value is -2.12. The predicted octanol–water partition coefficient (Wildman–Crippen LogP) is 3.81. The molecular formula is C19H20ClN2O3S+. The molecule has 0 aromatic heterocycles. The van der Waals surface area contributed by atoms with Crippen molar-refractivity contribution in [3.63, 3.8) is 0 Å². The fourth-order valence-corrected chi connectivity index (χ4v) is 4.17. The third kappa shape index (κ3) is 3.68. The highest BCUT2D eigenvalue weighted by Crippen LogP contribution is 2.34. The number of quaternary nitrogens is 1. The molecule has 2 aromatic carbocycles. The van der Waals surface area contributed by atoms with Crippen LogP contribution in [0.1, 0.15) is 0 Å². The molecule has 0 radical (unpaired) electrons. The van der Waals surface area contributed by atoms with Gasteiger partial charge < -0.3 is 10.5 Å². The van der Waals surface area contributed by atoms with Gasteiger partial charge >= 0.3 is 10.0 Å². The Morgan fingerprint density at radius 2 is 1.65 bits per heavy atom. The molecule has 0 saturated heterocycles. The van der Waals surface area contributed by atoms with Gasteiger partial charge in [-0.25, -0.2) is 0 Å². The Bertz CT molecular complexity index is 951. The summed E-state index contributed by atoms with van der Waals surface area (Å²) in [6.07, 6.45) is 6.63. The number of hydrogen-bond donors (Lipinski definition) is 1. The zero-order valence-corrected chi connectivity index (χ0v) is 15.9. The molecule has 1 atom stereocenters. The van der Waals surface area contributed by atoms with Crippen LogP contribution in [0.3, 0.4) is 0 Å². The van der Waals surface area contributed by atoms with Crippen molar-refractivity contribution < 1.29 is 13.2 Å². The standard InChI is InChI=1S/C19H20ClN2O3S/c1-26(23,24)22(12-2-3-15(13-21)14-22)17-6-10-19(11-7-17)25-18-8-4-16(20)5-9-18/h2-11,14H,12-13,21H2,1H3/q+1. The molecule has 0 fully saturated rings. The third-order valence-electron chi connectivity index (χ3n) is 4.23. The second kappa shape index (κ2) is 7.25. The zero-order chi connectivity index (χ0) is 18.8. The molecule has 0 amide bonds. The van der Waals surface area contributed by atoms with E-state index in [-0.39, 0.29) is 10.4 Å². The van der Waals surface area contributed by atoms with E-state index >= 15 is 0 Å². The van der Waals surface area contributed by atoms with E-state index in [2.05, 4.69) is 0 Å². The van der Waals surface area contributed by atoms with Gasteiger partial charge in [-0.2, -0.15) is 12.3 Å². The lowest BCUT2D eigenvalue weighted by molar-refractivity contribution is 0.481. The van der Waals surface area contributed by atoms with Crippen LogP contribution in [0.4, 0.5) is 5.69 Å². The van der Waals surface area contributed by atoms with Gasteiger partial charge in [0, 0.05) is 29.3 Å². The third-order valence-corrected chi connectivity index (χ3v) is 6.13. The first-order chi connectivity index (χ1) is 12.3. The highest BCUT2D eigenvalue weighted by molar-refractivity contribution is 7.90. The van der Waals surface area contributed by atoms with Crippen molar-refractivity contribution in [2.24, 2.45) is 5.73 Å². The van der Waals surface area contributed by atoms with Crippen LogP contribution in [0.25, 0.3) is 0 Å². The number of nitrogens with two attached hydrogens (primary N) is 1. The molecule has 1 aliphatic rings. The molecular weight excluding hydrogens is 372 g/mol. The van der Waals surface area contributed by atoms with Crippen molar-refractivity contribution in [1.29, 1.82) is 0 Å². The topological polar surface area (TPSA) is 69.4 Å². The van der Waals surface area contributed by atoms with Crippen molar-refractivity contribution in [1.82, 2.24) is 3.89 Å². The van der Waals surface area contributed by atoms with Crippen LogP contribution in [0.5, 0.6) is 11.5 Å². The molecule has 0 saturated carbocycles. The second-order valence-corrected chi connectivity index (χ2v) is 8.63. The Balaban J connectivity index is 1.93. The van der Waals surface area contributed by atoms with Crippen LogP contribution in [0.2, 0.25) is 5.02 Å². The van der Waals surface area contributed by atoms with Crippen molar-refractivity contribution in [2.45, 2.75) is 0 Å². The molecule has 136 valence electrons. The molecule has 3 rings (SSSR count). The summed E-state index contributed by atoms with van der Waals surface area (Å²) in [6, 6.07) is 14.1. The van der Waals surface area contributed by atoms with Gasteiger partial charge in [0.15, 0.2) is 5.69 Å². The van der Waals surface area contributed by atoms with Gasteiger partial charge in [-0.05, 0) is 42.5 Å². The first-order valence-electron chi connectivity index (χ1n) is 8.04. The summed E-state index contributed by atoms with van der Waals surface area (Å²) in [7, 11) is -3.46. The number of nitrogens with zero attached hydrogens (tertiary/aromatic N) is 1. The summed E-state index contributed by atoms with van der Waals surface area (Å²) in [6.45, 7) is 0.601. The summed E-state index contributed by atoms with van der Waals surface area (Å²) in [5.74, 6) is 1.26. The number of halogens is 1. The van der Waals surface area contributed by atoms with Gasteiger partial charge in [0.05, 0.1) is 6.26 Å². The minimum Gasteiger partial charge on any atom is -0.457 e. The molecule has 1 aliphatic heterocycles. The van der Waals surface area contributed by atoms with E-state index in [0.717, 1.165) is 5.57 Å². The van der Waals surface area contributed by atoms with Gasteiger partial charge in [-0.3, -0.25) is 0 Å². The highest BCUT2D eigenvalue weighted by atomic mass is 35.5. The van der Waals surface area contributed by atoms with Crippen molar-refractivity contribution in [3.05, 3.63) is 77.5 Å². The smallest absolute Gasteiger partial charge is 0.303 e. The minimum absolute atomic E-state index is 0.282. The fraction of sp³-hybridized carbons (Fsp3) is 0.158. The maximum atomic E-state index is 12.6. The van der Waals surface area contributed by atoms with Gasteiger partial charge in [-0.15, -0.1) is 0 Å². The Morgan fingerprint density at radius 3 is 2.19 bits per heavy atom. The van der Waals surface area contributed by atoms with Crippen LogP contribution in [0, 0.1) is 0 Å². The number of ether oxygens (including phenoxy) is 1. The van der Waals surface area contributed by atoms with Crippen molar-refractivity contribution in [3.8, 4) is 11.5 Å². The summed E-state index contributed by atoms with van der Waals surface area (Å²) in [4.78, 5) is 0. The predicted molar refractivity (Wildman–Crippen MR) is 106 cm³/mol. The molecule has 0 bridgehead atoms. The van der Waals surface area contributed by atoms with Crippen LogP contribution < -0.4 is 14.4 Å². The molecule has 26 heavy (non-hydrogen) atoms. The Labute approximate surface area is 158 Å². The highest BCUT2D eigenvalue weighted by Gasteiger charge is 2.40. The maximum absolute atomic E-state index is 12.6. The van der Waals surface area contributed by atoms with Crippen LogP contribution in [-0.4, -0.2) is 27.8 Å². The summed E-state index contributed by atoms with van der Waals surface area (Å²) >= 11 is 5.87. The molecule has 0 spiro atoms. The lowest BCUT2D eigenvalue weighted by Crippen LogP contribution is -2.50. The van der Waals surface area contributed by atoms with E-state index in [4.69, 9.17) is 22.1 Å². The van der Waals surface area contributed by atoms with Crippen LogP contribution in [-0.2, 0) is 10.0 Å². The lowest BCUT2D eigenvalue weighted by atomic mass is 10.2. The average Bonchev–Trinajstić information content (AvgIpc) is 2.63. The van der Waals surface area contributed by atoms with Gasteiger partial charge in [0.1, 0.15) is 24.2 Å². The Kier molecular flexibility index (Phi) is 5.20. The van der Waals surface area contributed by atoms with Gasteiger partial charge in [0.25, 0.3) is 0 Å². The molecule has 0 aliphatic carbocycles. The summed E-state index contributed by atoms with van der Waals surface area (Å²) < 4.78 is 30.7. The number of benzene rings is 2. The maximum Gasteiger partial charge on any atom is 0.303 e. The largest absolute Gasteiger partial charge is 0.457 e. The monoisotopic (exact) mass is 391 g/mol. The van der Waals surface area contributed by atoms with E-state index in [1.807, 2.05) is 12.2 Å². The van der Waals surface area contributed by atoms with Gasteiger partial charge in [-0.1, -0.05) is 17.7 Å². The van der Waals surface area contributed by atoms with Crippen LogP contribution >= 0.6 is 11.6 Å². The zero-order valence-electron chi connectivity index (χ0n) is 14.3. The first-order valence-corrected chi connectivity index (χ1v) is 10.3. The minimum atomic E-state index is -3.46. The molecule has 2 N–H and O–H groups in total. The first kappa shape index (κ1) is 18.7. The van der Waals surface area contributed by atoms with E-state index in [9.17, 15) is 8.42 Å². The van der Waals surface area contributed by atoms with E-state index < -0.39 is 10.0 Å². The molecule has 2 aromatic rings. The summed E-state index contributed by atoms with van der Waals surface area (Å²) in [5, 5.41) is 0.632. The number of hydrogen-bond acceptors (Lipinski definition) is 4. The normalized spacial score (nSPS) is 19.9. The summed E-state index contributed by atoms with van der Waals surface area (Å²) in [5.41, 5.74) is 7.12. The van der Waals surface area contributed by atoms with E-state index in [1.165, 1.54) is 6.26 Å². The number of rotatable bonds is 5. The SMILES string of the molecule is CS(=O)(=O)[N+]1(c2ccc(Oc3ccc(Cl)cc3)cc2)C=C(CN)C=CC1. The lowest BCUT2D eigenvalue weighted by Gasteiger charge is -2.33. The van der Waals surface area contributed by atoms with E-state index in [1.54, 1.807) is 54.7 Å². The fourth-order valence-electron chi connectivity index (χ4n) is 2.85. The quantitative estimate of drug-likeness (QED) is 0.787. The second-order valence-electron chi connectivity index (χ2n) is 6.07. The van der Waals surface area contributed by atoms with Crippen molar-refractivity contribution >= 4 is 27.3 Å². The molecule has 1 unspecified atom stereocenters. The van der Waals surface area contributed by atoms with Crippen LogP contribution in [0.15, 0.2) is 72.5 Å². The van der Waals surface area contributed by atoms with Crippen molar-refractivity contribution in [2.75, 3.05) is 19.3 Å². The Morgan fingerprint density at radius 1 is 1.08 bits per heavy atom. The van der Waals surface area contributed by atoms with E-state index in [0.29, 0.717) is 28.8 Å².